The first kappa shape index (κ1) is 18.9. The van der Waals surface area contributed by atoms with Crippen molar-refractivity contribution in [3.05, 3.63) is 47.5 Å². The van der Waals surface area contributed by atoms with Crippen LogP contribution in [-0.2, 0) is 26.7 Å². The van der Waals surface area contributed by atoms with Crippen molar-refractivity contribution in [3.63, 3.8) is 0 Å². The lowest BCUT2D eigenvalue weighted by Gasteiger charge is -2.23. The van der Waals surface area contributed by atoms with Crippen molar-refractivity contribution < 1.29 is 9.84 Å². The zero-order valence-electron chi connectivity index (χ0n) is 15.9. The predicted octanol–water partition coefficient (Wildman–Crippen LogP) is 2.02. The molecule has 1 fully saturated rings. The molecule has 0 aliphatic carbocycles. The van der Waals surface area contributed by atoms with Crippen molar-refractivity contribution in [2.24, 2.45) is 7.05 Å². The molecule has 2 aromatic rings. The first-order valence-corrected chi connectivity index (χ1v) is 9.36. The molecule has 6 heteroatoms. The molecule has 1 N–H and O–H groups in total. The van der Waals surface area contributed by atoms with Crippen molar-refractivity contribution in [3.8, 4) is 5.75 Å². The van der Waals surface area contributed by atoms with Gasteiger partial charge in [-0.05, 0) is 43.6 Å². The highest BCUT2D eigenvalue weighted by Gasteiger charge is 2.16. The van der Waals surface area contributed by atoms with E-state index in [0.717, 1.165) is 31.1 Å². The normalized spacial score (nSPS) is 15.1. The number of nitrogens with zero attached hydrogens (tertiary/aromatic N) is 4. The summed E-state index contributed by atoms with van der Waals surface area (Å²) < 4.78 is 7.60. The van der Waals surface area contributed by atoms with E-state index in [4.69, 9.17) is 4.74 Å². The monoisotopic (exact) mass is 358 g/mol. The summed E-state index contributed by atoms with van der Waals surface area (Å²) in [5, 5.41) is 9.45. The summed E-state index contributed by atoms with van der Waals surface area (Å²) in [5.41, 5.74) is 3.64. The Morgan fingerprint density at radius 3 is 2.69 bits per heavy atom. The Hall–Kier alpha value is -1.89. The highest BCUT2D eigenvalue weighted by atomic mass is 16.5. The van der Waals surface area contributed by atoms with Crippen molar-refractivity contribution >= 4 is 0 Å². The highest BCUT2D eigenvalue weighted by molar-refractivity contribution is 5.37. The molecule has 2 heterocycles. The van der Waals surface area contributed by atoms with Crippen LogP contribution in [0.1, 0.15) is 29.7 Å². The fourth-order valence-electron chi connectivity index (χ4n) is 3.62. The standard InChI is InChI=1S/C20H30N4O2/c1-22-16-21-12-19(22)15-24(9-10-25)13-17-5-6-20(26-2)18(11-17)14-23-7-3-4-8-23/h5-6,11-12,16,25H,3-4,7-10,13-15H2,1-2H3. The number of benzene rings is 1. The van der Waals surface area contributed by atoms with Crippen LogP contribution in [-0.4, -0.2) is 57.8 Å². The van der Waals surface area contributed by atoms with Gasteiger partial charge in [-0.25, -0.2) is 4.98 Å². The van der Waals surface area contributed by atoms with Gasteiger partial charge in [0.1, 0.15) is 5.75 Å². The first-order valence-electron chi connectivity index (χ1n) is 9.36. The van der Waals surface area contributed by atoms with E-state index in [2.05, 4.69) is 33.0 Å². The van der Waals surface area contributed by atoms with Crippen molar-refractivity contribution in [1.29, 1.82) is 0 Å². The third-order valence-corrected chi connectivity index (χ3v) is 5.06. The maximum Gasteiger partial charge on any atom is 0.123 e. The van der Waals surface area contributed by atoms with Crippen molar-refractivity contribution in [2.45, 2.75) is 32.5 Å². The summed E-state index contributed by atoms with van der Waals surface area (Å²) in [7, 11) is 3.74. The van der Waals surface area contributed by atoms with Crippen LogP contribution in [0.15, 0.2) is 30.7 Å². The van der Waals surface area contributed by atoms with Gasteiger partial charge in [0.05, 0.1) is 25.7 Å². The van der Waals surface area contributed by atoms with E-state index in [-0.39, 0.29) is 6.61 Å². The van der Waals surface area contributed by atoms with Gasteiger partial charge >= 0.3 is 0 Å². The van der Waals surface area contributed by atoms with Crippen LogP contribution < -0.4 is 4.74 Å². The van der Waals surface area contributed by atoms with E-state index in [1.165, 1.54) is 37.1 Å². The summed E-state index contributed by atoms with van der Waals surface area (Å²) in [6, 6.07) is 6.45. The fraction of sp³-hybridized carbons (Fsp3) is 0.550. The van der Waals surface area contributed by atoms with E-state index in [9.17, 15) is 5.11 Å². The highest BCUT2D eigenvalue weighted by Crippen LogP contribution is 2.24. The zero-order valence-corrected chi connectivity index (χ0v) is 15.9. The number of rotatable bonds is 9. The number of aliphatic hydroxyl groups is 1. The maximum atomic E-state index is 9.45. The smallest absolute Gasteiger partial charge is 0.123 e. The zero-order chi connectivity index (χ0) is 18.4. The minimum Gasteiger partial charge on any atom is -0.496 e. The second-order valence-electron chi connectivity index (χ2n) is 7.06. The quantitative estimate of drug-likeness (QED) is 0.743. The molecular formula is C20H30N4O2. The van der Waals surface area contributed by atoms with Gasteiger partial charge in [0.2, 0.25) is 0 Å². The van der Waals surface area contributed by atoms with Crippen LogP contribution in [0.2, 0.25) is 0 Å². The lowest BCUT2D eigenvalue weighted by atomic mass is 10.1. The molecule has 1 aromatic heterocycles. The van der Waals surface area contributed by atoms with Crippen molar-refractivity contribution in [2.75, 3.05) is 33.4 Å². The third kappa shape index (κ3) is 4.84. The second kappa shape index (κ2) is 9.16. The number of likely N-dealkylation sites (tertiary alicyclic amines) is 1. The van der Waals surface area contributed by atoms with Crippen LogP contribution in [0.5, 0.6) is 5.75 Å². The Balaban J connectivity index is 1.72. The Bertz CT molecular complexity index is 695. The van der Waals surface area contributed by atoms with Gasteiger partial charge < -0.3 is 14.4 Å². The molecule has 26 heavy (non-hydrogen) atoms. The summed E-state index contributed by atoms with van der Waals surface area (Å²) in [6.45, 7) is 5.63. The Kier molecular flexibility index (Phi) is 6.66. The van der Waals surface area contributed by atoms with Crippen LogP contribution in [0.4, 0.5) is 0 Å². The molecule has 6 nitrogen and oxygen atoms in total. The molecular weight excluding hydrogens is 328 g/mol. The number of methoxy groups -OCH3 is 1. The number of hydrogen-bond donors (Lipinski definition) is 1. The van der Waals surface area contributed by atoms with Gasteiger partial charge in [0, 0.05) is 45.0 Å². The summed E-state index contributed by atoms with van der Waals surface area (Å²) in [6.07, 6.45) is 6.28. The van der Waals surface area contributed by atoms with Crippen LogP contribution >= 0.6 is 0 Å². The molecule has 0 amide bonds. The molecule has 1 aliphatic heterocycles. The lowest BCUT2D eigenvalue weighted by molar-refractivity contribution is 0.181. The molecule has 1 saturated heterocycles. The Morgan fingerprint density at radius 1 is 1.23 bits per heavy atom. The van der Waals surface area contributed by atoms with Crippen LogP contribution in [0, 0.1) is 0 Å². The molecule has 0 bridgehead atoms. The van der Waals surface area contributed by atoms with E-state index >= 15 is 0 Å². The maximum absolute atomic E-state index is 9.45. The van der Waals surface area contributed by atoms with Crippen LogP contribution in [0.25, 0.3) is 0 Å². The van der Waals surface area contributed by atoms with E-state index in [0.29, 0.717) is 6.54 Å². The van der Waals surface area contributed by atoms with Gasteiger partial charge in [-0.3, -0.25) is 9.80 Å². The molecule has 0 saturated carbocycles. The number of ether oxygens (including phenoxy) is 1. The summed E-state index contributed by atoms with van der Waals surface area (Å²) >= 11 is 0. The fourth-order valence-corrected chi connectivity index (χ4v) is 3.62. The summed E-state index contributed by atoms with van der Waals surface area (Å²) in [4.78, 5) is 8.93. The third-order valence-electron chi connectivity index (χ3n) is 5.06. The average molecular weight is 358 g/mol. The van der Waals surface area contributed by atoms with E-state index in [1.807, 2.05) is 24.1 Å². The van der Waals surface area contributed by atoms with Gasteiger partial charge in [-0.15, -0.1) is 0 Å². The summed E-state index contributed by atoms with van der Waals surface area (Å²) in [5.74, 6) is 0.959. The van der Waals surface area contributed by atoms with Gasteiger partial charge in [0.15, 0.2) is 0 Å². The average Bonchev–Trinajstić information content (AvgIpc) is 3.28. The molecule has 142 valence electrons. The second-order valence-corrected chi connectivity index (χ2v) is 7.06. The topological polar surface area (TPSA) is 53.8 Å². The number of hydrogen-bond acceptors (Lipinski definition) is 5. The number of aliphatic hydroxyl groups excluding tert-OH is 1. The Morgan fingerprint density at radius 2 is 2.04 bits per heavy atom. The number of imidazole rings is 1. The largest absolute Gasteiger partial charge is 0.496 e. The van der Waals surface area contributed by atoms with E-state index < -0.39 is 0 Å². The molecule has 3 rings (SSSR count). The Labute approximate surface area is 156 Å². The van der Waals surface area contributed by atoms with E-state index in [1.54, 1.807) is 7.11 Å². The predicted molar refractivity (Wildman–Crippen MR) is 102 cm³/mol. The minimum absolute atomic E-state index is 0.147. The molecule has 1 aliphatic rings. The van der Waals surface area contributed by atoms with Gasteiger partial charge in [-0.1, -0.05) is 6.07 Å². The number of aromatic nitrogens is 2. The van der Waals surface area contributed by atoms with Gasteiger partial charge in [-0.2, -0.15) is 0 Å². The minimum atomic E-state index is 0.147. The molecule has 0 atom stereocenters. The molecule has 0 unspecified atom stereocenters. The SMILES string of the molecule is COc1ccc(CN(CCO)Cc2cncn2C)cc1CN1CCCC1. The molecule has 0 spiro atoms. The molecule has 0 radical (unpaired) electrons. The molecule has 1 aromatic carbocycles. The lowest BCUT2D eigenvalue weighted by Crippen LogP contribution is -2.27. The van der Waals surface area contributed by atoms with Crippen molar-refractivity contribution in [1.82, 2.24) is 19.4 Å². The van der Waals surface area contributed by atoms with Gasteiger partial charge in [0.25, 0.3) is 0 Å². The van der Waals surface area contributed by atoms with Crippen LogP contribution in [0.3, 0.4) is 0 Å². The number of aryl methyl sites for hydroxylation is 1. The first-order chi connectivity index (χ1) is 12.7.